The summed E-state index contributed by atoms with van der Waals surface area (Å²) in [4.78, 5) is 14.1. The second-order valence-electron chi connectivity index (χ2n) is 4.17. The van der Waals surface area contributed by atoms with Gasteiger partial charge in [0.2, 0.25) is 0 Å². The first-order chi connectivity index (χ1) is 7.34. The summed E-state index contributed by atoms with van der Waals surface area (Å²) in [6.45, 7) is 2.03. The SMILES string of the molecule is O=C1/C(=C/c2ccco2)N2CCC1CC2. The van der Waals surface area contributed by atoms with Gasteiger partial charge in [-0.1, -0.05) is 0 Å². The van der Waals surface area contributed by atoms with E-state index in [9.17, 15) is 4.79 Å². The molecule has 1 aromatic rings. The lowest BCUT2D eigenvalue weighted by Crippen LogP contribution is -2.45. The largest absolute Gasteiger partial charge is 0.465 e. The summed E-state index contributed by atoms with van der Waals surface area (Å²) in [6.07, 6.45) is 5.55. The van der Waals surface area contributed by atoms with Crippen molar-refractivity contribution in [3.63, 3.8) is 0 Å². The Kier molecular flexibility index (Phi) is 1.91. The van der Waals surface area contributed by atoms with Gasteiger partial charge >= 0.3 is 0 Å². The van der Waals surface area contributed by atoms with E-state index in [0.29, 0.717) is 5.78 Å². The highest BCUT2D eigenvalue weighted by Crippen LogP contribution is 2.32. The zero-order valence-electron chi connectivity index (χ0n) is 8.48. The fraction of sp³-hybridized carbons (Fsp3) is 0.417. The lowest BCUT2D eigenvalue weighted by Gasteiger charge is -2.40. The van der Waals surface area contributed by atoms with E-state index in [4.69, 9.17) is 4.42 Å². The quantitative estimate of drug-likeness (QED) is 0.654. The maximum absolute atomic E-state index is 12.0. The second kappa shape index (κ2) is 3.26. The molecule has 78 valence electrons. The lowest BCUT2D eigenvalue weighted by molar-refractivity contribution is -0.125. The highest BCUT2D eigenvalue weighted by atomic mass is 16.3. The Labute approximate surface area is 88.4 Å². The summed E-state index contributed by atoms with van der Waals surface area (Å²) in [7, 11) is 0. The Hall–Kier alpha value is -1.51. The Morgan fingerprint density at radius 2 is 2.20 bits per heavy atom. The number of rotatable bonds is 1. The molecule has 0 amide bonds. The van der Waals surface area contributed by atoms with E-state index in [1.54, 1.807) is 6.26 Å². The van der Waals surface area contributed by atoms with Crippen molar-refractivity contribution in [2.75, 3.05) is 13.1 Å². The number of hydrogen-bond donors (Lipinski definition) is 0. The maximum atomic E-state index is 12.0. The number of carbonyl (C=O) groups excluding carboxylic acids is 1. The minimum Gasteiger partial charge on any atom is -0.465 e. The molecule has 4 heterocycles. The molecule has 4 rings (SSSR count). The van der Waals surface area contributed by atoms with Gasteiger partial charge in [0, 0.05) is 25.1 Å². The van der Waals surface area contributed by atoms with E-state index < -0.39 is 0 Å². The van der Waals surface area contributed by atoms with Crippen LogP contribution in [0.3, 0.4) is 0 Å². The van der Waals surface area contributed by atoms with Gasteiger partial charge in [-0.05, 0) is 25.0 Å². The molecule has 0 N–H and O–H groups in total. The van der Waals surface area contributed by atoms with Crippen molar-refractivity contribution in [2.24, 2.45) is 5.92 Å². The Morgan fingerprint density at radius 3 is 2.80 bits per heavy atom. The standard InChI is InChI=1S/C12H13NO2/c14-12-9-3-5-13(6-4-9)11(12)8-10-2-1-7-15-10/h1-2,7-9H,3-6H2/b11-8-. The summed E-state index contributed by atoms with van der Waals surface area (Å²) in [5.74, 6) is 1.33. The molecule has 3 heteroatoms. The van der Waals surface area contributed by atoms with Crippen LogP contribution >= 0.6 is 0 Å². The molecule has 3 fully saturated rings. The van der Waals surface area contributed by atoms with Gasteiger partial charge in [-0.15, -0.1) is 0 Å². The number of ketones is 1. The minimum atomic E-state index is 0.260. The Morgan fingerprint density at radius 1 is 1.40 bits per heavy atom. The van der Waals surface area contributed by atoms with Crippen molar-refractivity contribution >= 4 is 11.9 Å². The first-order valence-corrected chi connectivity index (χ1v) is 5.39. The molecule has 0 radical (unpaired) electrons. The van der Waals surface area contributed by atoms with Crippen molar-refractivity contribution in [3.05, 3.63) is 29.9 Å². The number of carbonyl (C=O) groups is 1. The zero-order valence-corrected chi connectivity index (χ0v) is 8.48. The number of piperidine rings is 3. The van der Waals surface area contributed by atoms with E-state index in [1.165, 1.54) is 0 Å². The molecule has 1 aromatic heterocycles. The average Bonchev–Trinajstić information content (AvgIpc) is 2.77. The first-order valence-electron chi connectivity index (χ1n) is 5.39. The van der Waals surface area contributed by atoms with Crippen LogP contribution in [0.4, 0.5) is 0 Å². The van der Waals surface area contributed by atoms with Crippen molar-refractivity contribution in [2.45, 2.75) is 12.8 Å². The van der Waals surface area contributed by atoms with E-state index >= 15 is 0 Å². The smallest absolute Gasteiger partial charge is 0.182 e. The molecule has 0 aliphatic carbocycles. The van der Waals surface area contributed by atoms with Gasteiger partial charge in [-0.25, -0.2) is 0 Å². The van der Waals surface area contributed by atoms with Crippen molar-refractivity contribution in [3.8, 4) is 0 Å². The molecule has 3 saturated heterocycles. The molecule has 3 nitrogen and oxygen atoms in total. The summed E-state index contributed by atoms with van der Waals surface area (Å²) < 4.78 is 5.24. The van der Waals surface area contributed by atoms with Crippen molar-refractivity contribution in [1.29, 1.82) is 0 Å². The monoisotopic (exact) mass is 203 g/mol. The van der Waals surface area contributed by atoms with Crippen LogP contribution < -0.4 is 0 Å². The predicted molar refractivity (Wildman–Crippen MR) is 56.0 cm³/mol. The second-order valence-corrected chi connectivity index (χ2v) is 4.17. The van der Waals surface area contributed by atoms with Crippen molar-refractivity contribution in [1.82, 2.24) is 4.90 Å². The Balaban J connectivity index is 1.95. The molecule has 0 atom stereocenters. The topological polar surface area (TPSA) is 33.5 Å². The molecule has 0 saturated carbocycles. The highest BCUT2D eigenvalue weighted by molar-refractivity contribution is 6.01. The molecular formula is C12H13NO2. The molecule has 2 bridgehead atoms. The van der Waals surface area contributed by atoms with Gasteiger partial charge < -0.3 is 9.32 Å². The van der Waals surface area contributed by atoms with Crippen LogP contribution in [-0.2, 0) is 4.79 Å². The predicted octanol–water partition coefficient (Wildman–Crippen LogP) is 1.92. The van der Waals surface area contributed by atoms with E-state index in [-0.39, 0.29) is 5.92 Å². The lowest BCUT2D eigenvalue weighted by atomic mass is 9.84. The maximum Gasteiger partial charge on any atom is 0.182 e. The summed E-state index contributed by atoms with van der Waals surface area (Å²) in [6, 6.07) is 3.72. The first kappa shape index (κ1) is 8.77. The van der Waals surface area contributed by atoms with E-state index in [1.807, 2.05) is 18.2 Å². The van der Waals surface area contributed by atoms with Gasteiger partial charge in [0.1, 0.15) is 5.76 Å². The fourth-order valence-corrected chi connectivity index (χ4v) is 2.42. The number of hydrogen-bond acceptors (Lipinski definition) is 3. The van der Waals surface area contributed by atoms with Crippen LogP contribution in [-0.4, -0.2) is 23.8 Å². The molecule has 3 aliphatic rings. The molecule has 0 spiro atoms. The number of nitrogens with zero attached hydrogens (tertiary/aromatic N) is 1. The third-order valence-electron chi connectivity index (χ3n) is 3.28. The highest BCUT2D eigenvalue weighted by Gasteiger charge is 2.36. The van der Waals surface area contributed by atoms with Crippen LogP contribution in [0.1, 0.15) is 18.6 Å². The average molecular weight is 203 g/mol. The molecule has 0 aromatic carbocycles. The fourth-order valence-electron chi connectivity index (χ4n) is 2.42. The van der Waals surface area contributed by atoms with Crippen LogP contribution in [0.5, 0.6) is 0 Å². The van der Waals surface area contributed by atoms with Crippen LogP contribution in [0, 0.1) is 5.92 Å². The van der Waals surface area contributed by atoms with Gasteiger partial charge in [-0.2, -0.15) is 0 Å². The van der Waals surface area contributed by atoms with Gasteiger partial charge in [0.15, 0.2) is 5.78 Å². The van der Waals surface area contributed by atoms with Gasteiger partial charge in [0.05, 0.1) is 12.0 Å². The van der Waals surface area contributed by atoms with Crippen LogP contribution in [0.25, 0.3) is 6.08 Å². The zero-order chi connectivity index (χ0) is 10.3. The molecular weight excluding hydrogens is 190 g/mol. The van der Waals surface area contributed by atoms with E-state index in [2.05, 4.69) is 4.90 Å². The van der Waals surface area contributed by atoms with Crippen molar-refractivity contribution < 1.29 is 9.21 Å². The molecule has 3 aliphatic heterocycles. The Bertz CT molecular complexity index is 397. The normalized spacial score (nSPS) is 24.1. The van der Waals surface area contributed by atoms with Crippen LogP contribution in [0.15, 0.2) is 28.5 Å². The third kappa shape index (κ3) is 1.39. The van der Waals surface area contributed by atoms with Crippen LogP contribution in [0.2, 0.25) is 0 Å². The molecule has 0 unspecified atom stereocenters. The van der Waals surface area contributed by atoms with Gasteiger partial charge in [0.25, 0.3) is 0 Å². The third-order valence-corrected chi connectivity index (χ3v) is 3.28. The molecule has 15 heavy (non-hydrogen) atoms. The number of allylic oxidation sites excluding steroid dienone is 1. The van der Waals surface area contributed by atoms with E-state index in [0.717, 1.165) is 37.4 Å². The number of fused-ring (bicyclic) bond motifs is 3. The number of furan rings is 1. The van der Waals surface area contributed by atoms with Gasteiger partial charge in [-0.3, -0.25) is 4.79 Å². The minimum absolute atomic E-state index is 0.260. The number of Topliss-reactive ketones (excluding diaryl/α,β-unsaturated/α-hetero) is 1. The summed E-state index contributed by atoms with van der Waals surface area (Å²) in [5.41, 5.74) is 0.840. The summed E-state index contributed by atoms with van der Waals surface area (Å²) in [5, 5.41) is 0. The summed E-state index contributed by atoms with van der Waals surface area (Å²) >= 11 is 0.